The Morgan fingerprint density at radius 3 is 2.54 bits per heavy atom. The van der Waals surface area contributed by atoms with Crippen molar-refractivity contribution in [1.82, 2.24) is 15.0 Å². The SMILES string of the molecule is COc1cc(N2CCC(N3CCN(C)CC3)CC2)ccc1NC(=O)c1cc2c(s1)C(=O)c1c(C)noc1C2=O. The number of methoxy groups -OCH3 is 1. The van der Waals surface area contributed by atoms with Gasteiger partial charge < -0.3 is 24.4 Å². The Bertz CT molecular complexity index is 1450. The maximum absolute atomic E-state index is 13.2. The molecule has 0 saturated carbocycles. The molecule has 2 aliphatic heterocycles. The second kappa shape index (κ2) is 10.2. The number of hydrogen-bond donors (Lipinski definition) is 1. The number of carbonyl (C=O) groups is 3. The molecule has 0 bridgehead atoms. The lowest BCUT2D eigenvalue weighted by Gasteiger charge is -2.42. The first-order valence-corrected chi connectivity index (χ1v) is 14.0. The monoisotopic (exact) mass is 549 g/mol. The zero-order valence-electron chi connectivity index (χ0n) is 22.3. The van der Waals surface area contributed by atoms with Gasteiger partial charge in [-0.3, -0.25) is 19.3 Å². The molecule has 2 aromatic heterocycles. The molecule has 10 nitrogen and oxygen atoms in total. The van der Waals surface area contributed by atoms with Crippen LogP contribution in [0.2, 0.25) is 0 Å². The van der Waals surface area contributed by atoms with E-state index in [1.807, 2.05) is 18.2 Å². The molecule has 2 saturated heterocycles. The van der Waals surface area contributed by atoms with Gasteiger partial charge in [0.2, 0.25) is 17.3 Å². The Hall–Kier alpha value is -3.54. The number of ketones is 2. The quantitative estimate of drug-likeness (QED) is 0.401. The summed E-state index contributed by atoms with van der Waals surface area (Å²) in [4.78, 5) is 46.8. The number of piperazine rings is 1. The number of amides is 1. The molecular formula is C28H31N5O5S. The van der Waals surface area contributed by atoms with Gasteiger partial charge in [-0.05, 0) is 45.0 Å². The van der Waals surface area contributed by atoms with Crippen molar-refractivity contribution in [3.63, 3.8) is 0 Å². The van der Waals surface area contributed by atoms with E-state index in [1.165, 1.54) is 6.07 Å². The van der Waals surface area contributed by atoms with Crippen molar-refractivity contribution in [3.05, 3.63) is 56.6 Å². The fourth-order valence-corrected chi connectivity index (χ4v) is 6.71. The predicted molar refractivity (Wildman–Crippen MR) is 148 cm³/mol. The summed E-state index contributed by atoms with van der Waals surface area (Å²) in [6, 6.07) is 7.86. The number of piperidine rings is 1. The van der Waals surface area contributed by atoms with E-state index in [0.717, 1.165) is 69.1 Å². The number of nitrogens with one attached hydrogen (secondary N) is 1. The molecule has 0 atom stereocenters. The smallest absolute Gasteiger partial charge is 0.265 e. The topological polar surface area (TPSA) is 108 Å². The molecule has 3 aromatic rings. The second-order valence-corrected chi connectivity index (χ2v) is 11.4. The molecule has 204 valence electrons. The summed E-state index contributed by atoms with van der Waals surface area (Å²) in [5.41, 5.74) is 2.28. The molecule has 0 spiro atoms. The number of thiophene rings is 1. The van der Waals surface area contributed by atoms with Gasteiger partial charge in [0, 0.05) is 62.6 Å². The van der Waals surface area contributed by atoms with Gasteiger partial charge in [-0.1, -0.05) is 5.16 Å². The number of ether oxygens (including phenoxy) is 1. The fourth-order valence-electron chi connectivity index (χ4n) is 5.71. The van der Waals surface area contributed by atoms with Crippen LogP contribution >= 0.6 is 11.3 Å². The van der Waals surface area contributed by atoms with Crippen molar-refractivity contribution in [2.45, 2.75) is 25.8 Å². The minimum absolute atomic E-state index is 0.0698. The predicted octanol–water partition coefficient (Wildman–Crippen LogP) is 3.30. The Kier molecular flexibility index (Phi) is 6.74. The molecule has 0 radical (unpaired) electrons. The molecule has 6 rings (SSSR count). The van der Waals surface area contributed by atoms with E-state index in [9.17, 15) is 14.4 Å². The van der Waals surface area contributed by atoms with E-state index in [1.54, 1.807) is 14.0 Å². The van der Waals surface area contributed by atoms with Crippen LogP contribution in [0.1, 0.15) is 59.6 Å². The highest BCUT2D eigenvalue weighted by Gasteiger charge is 2.38. The van der Waals surface area contributed by atoms with Crippen LogP contribution in [0.25, 0.3) is 0 Å². The molecule has 1 aliphatic carbocycles. The van der Waals surface area contributed by atoms with Crippen LogP contribution in [-0.4, -0.2) is 91.9 Å². The van der Waals surface area contributed by atoms with Gasteiger partial charge in [0.1, 0.15) is 5.75 Å². The van der Waals surface area contributed by atoms with Gasteiger partial charge in [-0.2, -0.15) is 0 Å². The Morgan fingerprint density at radius 1 is 1.08 bits per heavy atom. The maximum Gasteiger partial charge on any atom is 0.265 e. The molecule has 1 N–H and O–H groups in total. The minimum atomic E-state index is -0.436. The number of aryl methyl sites for hydroxylation is 1. The van der Waals surface area contributed by atoms with Crippen LogP contribution in [0, 0.1) is 6.92 Å². The highest BCUT2D eigenvalue weighted by Crippen LogP contribution is 2.36. The first kappa shape index (κ1) is 25.7. The molecule has 1 amide bonds. The number of anilines is 2. The summed E-state index contributed by atoms with van der Waals surface area (Å²) in [7, 11) is 3.76. The van der Waals surface area contributed by atoms with Crippen LogP contribution in [0.4, 0.5) is 11.4 Å². The number of likely N-dealkylation sites (N-methyl/N-ethyl adjacent to an activating group) is 1. The average Bonchev–Trinajstić information content (AvgIpc) is 3.58. The minimum Gasteiger partial charge on any atom is -0.494 e. The van der Waals surface area contributed by atoms with Gasteiger partial charge in [0.15, 0.2) is 0 Å². The lowest BCUT2D eigenvalue weighted by molar-refractivity contribution is 0.0957. The summed E-state index contributed by atoms with van der Waals surface area (Å²) < 4.78 is 10.7. The summed E-state index contributed by atoms with van der Waals surface area (Å²) in [5.74, 6) is -0.717. The first-order chi connectivity index (χ1) is 18.8. The summed E-state index contributed by atoms with van der Waals surface area (Å²) in [6.45, 7) is 8.10. The molecule has 4 heterocycles. The van der Waals surface area contributed by atoms with Gasteiger partial charge in [-0.25, -0.2) is 0 Å². The molecule has 11 heteroatoms. The van der Waals surface area contributed by atoms with E-state index < -0.39 is 11.7 Å². The maximum atomic E-state index is 13.2. The Labute approximate surface area is 230 Å². The van der Waals surface area contributed by atoms with Gasteiger partial charge in [0.05, 0.1) is 33.8 Å². The summed E-state index contributed by atoms with van der Waals surface area (Å²) >= 11 is 0.994. The molecule has 1 aromatic carbocycles. The van der Waals surface area contributed by atoms with E-state index in [2.05, 4.69) is 32.2 Å². The number of fused-ring (bicyclic) bond motifs is 2. The highest BCUT2D eigenvalue weighted by atomic mass is 32.1. The van der Waals surface area contributed by atoms with Crippen LogP contribution in [-0.2, 0) is 0 Å². The molecule has 0 unspecified atom stereocenters. The van der Waals surface area contributed by atoms with Crippen molar-refractivity contribution in [2.24, 2.45) is 0 Å². The molecule has 3 aliphatic rings. The number of carbonyl (C=O) groups excluding carboxylic acids is 3. The molecular weight excluding hydrogens is 518 g/mol. The van der Waals surface area contributed by atoms with E-state index in [-0.39, 0.29) is 32.4 Å². The molecule has 2 fully saturated rings. The standard InChI is InChI=1S/C28H31N5O5S/c1-16-23-25(35)27-19(24(34)26(23)38-30-16)15-22(39-27)28(36)29-20-5-4-18(14-21(20)37-3)32-8-6-17(7-9-32)33-12-10-31(2)11-13-33/h4-5,14-15,17H,6-13H2,1-3H3,(H,29,36). The van der Waals surface area contributed by atoms with E-state index in [4.69, 9.17) is 9.26 Å². The number of nitrogens with zero attached hydrogens (tertiary/aromatic N) is 4. The zero-order chi connectivity index (χ0) is 27.3. The number of benzene rings is 1. The van der Waals surface area contributed by atoms with Crippen LogP contribution in [0.15, 0.2) is 28.8 Å². The van der Waals surface area contributed by atoms with Gasteiger partial charge in [0.25, 0.3) is 5.91 Å². The lowest BCUT2D eigenvalue weighted by atomic mass is 9.93. The normalized spacial score (nSPS) is 18.7. The van der Waals surface area contributed by atoms with Crippen LogP contribution in [0.5, 0.6) is 5.75 Å². The van der Waals surface area contributed by atoms with Gasteiger partial charge in [-0.15, -0.1) is 11.3 Å². The third kappa shape index (κ3) is 4.64. The lowest BCUT2D eigenvalue weighted by Crippen LogP contribution is -2.52. The van der Waals surface area contributed by atoms with E-state index >= 15 is 0 Å². The van der Waals surface area contributed by atoms with Crippen LogP contribution in [0.3, 0.4) is 0 Å². The van der Waals surface area contributed by atoms with Crippen molar-refractivity contribution in [2.75, 3.05) is 63.6 Å². The third-order valence-electron chi connectivity index (χ3n) is 8.02. The van der Waals surface area contributed by atoms with Crippen molar-refractivity contribution in [3.8, 4) is 5.75 Å². The van der Waals surface area contributed by atoms with Crippen molar-refractivity contribution < 1.29 is 23.6 Å². The number of rotatable bonds is 5. The molecule has 39 heavy (non-hydrogen) atoms. The Balaban J connectivity index is 1.14. The highest BCUT2D eigenvalue weighted by molar-refractivity contribution is 7.16. The van der Waals surface area contributed by atoms with Crippen LogP contribution < -0.4 is 15.0 Å². The van der Waals surface area contributed by atoms with Crippen molar-refractivity contribution in [1.29, 1.82) is 0 Å². The summed E-state index contributed by atoms with van der Waals surface area (Å²) in [6.07, 6.45) is 2.25. The van der Waals surface area contributed by atoms with Gasteiger partial charge >= 0.3 is 0 Å². The Morgan fingerprint density at radius 2 is 1.82 bits per heavy atom. The average molecular weight is 550 g/mol. The fraction of sp³-hybridized carbons (Fsp3) is 0.429. The number of hydrogen-bond acceptors (Lipinski definition) is 10. The second-order valence-electron chi connectivity index (χ2n) is 10.4. The van der Waals surface area contributed by atoms with E-state index in [0.29, 0.717) is 23.2 Å². The largest absolute Gasteiger partial charge is 0.494 e. The zero-order valence-corrected chi connectivity index (χ0v) is 23.1. The van der Waals surface area contributed by atoms with Crippen molar-refractivity contribution >= 4 is 40.2 Å². The summed E-state index contributed by atoms with van der Waals surface area (Å²) in [5, 5.41) is 6.64. The third-order valence-corrected chi connectivity index (χ3v) is 9.15. The number of aromatic nitrogens is 1. The first-order valence-electron chi connectivity index (χ1n) is 13.2.